The van der Waals surface area contributed by atoms with E-state index in [1.807, 2.05) is 0 Å². The van der Waals surface area contributed by atoms with E-state index in [-0.39, 0.29) is 39.7 Å². The summed E-state index contributed by atoms with van der Waals surface area (Å²) in [5.41, 5.74) is -0.675. The Labute approximate surface area is 157 Å². The zero-order chi connectivity index (χ0) is 19.6. The van der Waals surface area contributed by atoms with E-state index in [0.29, 0.717) is 11.3 Å². The van der Waals surface area contributed by atoms with Crippen molar-refractivity contribution >= 4 is 45.0 Å². The lowest BCUT2D eigenvalue weighted by atomic mass is 9.91. The number of rotatable bonds is 2. The number of benzene rings is 1. The molecule has 27 heavy (non-hydrogen) atoms. The van der Waals surface area contributed by atoms with E-state index in [1.54, 1.807) is 0 Å². The number of likely N-dealkylation sites (tertiary alicyclic amines) is 1. The Morgan fingerprint density at radius 3 is 2.67 bits per heavy atom. The Balaban J connectivity index is 1.66. The molecule has 0 saturated carbocycles. The lowest BCUT2D eigenvalue weighted by Crippen LogP contribution is -2.69. The fraction of sp³-hybridized carbons (Fsp3) is 0.333. The number of alkyl carbamates (subject to hydrolysis) is 1. The molecule has 0 radical (unpaired) electrons. The Hall–Kier alpha value is -2.27. The molecule has 2 saturated heterocycles. The molecule has 4 rings (SSSR count). The van der Waals surface area contributed by atoms with Crippen molar-refractivity contribution in [2.45, 2.75) is 11.9 Å². The van der Waals surface area contributed by atoms with Crippen LogP contribution in [0.1, 0.15) is 9.67 Å². The quantitative estimate of drug-likeness (QED) is 0.749. The second-order valence-electron chi connectivity index (χ2n) is 6.19. The fourth-order valence-corrected chi connectivity index (χ4v) is 4.64. The minimum absolute atomic E-state index is 0.105. The van der Waals surface area contributed by atoms with Gasteiger partial charge in [-0.1, -0.05) is 11.6 Å². The van der Waals surface area contributed by atoms with Gasteiger partial charge >= 0.3 is 12.5 Å². The number of carbonyl (C=O) groups is 2. The highest BCUT2D eigenvalue weighted by Crippen LogP contribution is 2.44. The summed E-state index contributed by atoms with van der Waals surface area (Å²) in [6.07, 6.45) is -5.56. The predicted octanol–water partition coefficient (Wildman–Crippen LogP) is 3.53. The maximum atomic E-state index is 14.1. The minimum Gasteiger partial charge on any atom is -0.447 e. The first-order valence-electron chi connectivity index (χ1n) is 7.49. The second-order valence-corrected chi connectivity index (χ2v) is 7.58. The number of halogens is 5. The average molecular weight is 425 g/mol. The van der Waals surface area contributed by atoms with Crippen molar-refractivity contribution in [1.29, 1.82) is 0 Å². The molecule has 1 aromatic carbocycles. The van der Waals surface area contributed by atoms with Crippen LogP contribution in [0, 0.1) is 5.82 Å². The van der Waals surface area contributed by atoms with Gasteiger partial charge in [0.05, 0.1) is 15.1 Å². The molecule has 2 aliphatic rings. The maximum absolute atomic E-state index is 14.1. The number of alkyl halides is 3. The van der Waals surface area contributed by atoms with Gasteiger partial charge in [0.2, 0.25) is 0 Å². The van der Waals surface area contributed by atoms with Crippen molar-refractivity contribution in [2.24, 2.45) is 0 Å². The van der Waals surface area contributed by atoms with Crippen molar-refractivity contribution < 1.29 is 36.6 Å². The fourth-order valence-electron chi connectivity index (χ4n) is 3.08. The molecule has 1 spiro atoms. The number of ether oxygens (including phenoxy) is 2. The maximum Gasteiger partial charge on any atom is 0.573 e. The first-order chi connectivity index (χ1) is 12.6. The van der Waals surface area contributed by atoms with Crippen molar-refractivity contribution in [1.82, 2.24) is 10.2 Å². The molecule has 144 valence electrons. The molecule has 2 aromatic rings. The van der Waals surface area contributed by atoms with Gasteiger partial charge in [0.1, 0.15) is 28.6 Å². The molecule has 0 atom stereocenters. The Kier molecular flexibility index (Phi) is 3.93. The zero-order valence-corrected chi connectivity index (χ0v) is 14.7. The molecule has 2 fully saturated rings. The summed E-state index contributed by atoms with van der Waals surface area (Å²) < 4.78 is 60.3. The number of thiophene rings is 1. The summed E-state index contributed by atoms with van der Waals surface area (Å²) in [5, 5.41) is 2.01. The van der Waals surface area contributed by atoms with Gasteiger partial charge in [0.25, 0.3) is 5.91 Å². The van der Waals surface area contributed by atoms with E-state index in [2.05, 4.69) is 10.1 Å². The highest BCUT2D eigenvalue weighted by molar-refractivity contribution is 7.22. The van der Waals surface area contributed by atoms with Crippen LogP contribution >= 0.6 is 22.9 Å². The van der Waals surface area contributed by atoms with Crippen LogP contribution in [0.5, 0.6) is 5.75 Å². The van der Waals surface area contributed by atoms with E-state index in [0.717, 1.165) is 12.1 Å². The van der Waals surface area contributed by atoms with E-state index in [4.69, 9.17) is 16.3 Å². The molecule has 6 nitrogen and oxygen atoms in total. The average Bonchev–Trinajstić information content (AvgIpc) is 3.09. The van der Waals surface area contributed by atoms with Gasteiger partial charge in [0, 0.05) is 13.1 Å². The highest BCUT2D eigenvalue weighted by Gasteiger charge is 2.51. The van der Waals surface area contributed by atoms with Gasteiger partial charge < -0.3 is 19.7 Å². The molecule has 2 aliphatic heterocycles. The van der Waals surface area contributed by atoms with E-state index in [1.165, 1.54) is 4.90 Å². The molecular weight excluding hydrogens is 416 g/mol. The van der Waals surface area contributed by atoms with E-state index in [9.17, 15) is 27.2 Å². The summed E-state index contributed by atoms with van der Waals surface area (Å²) in [6.45, 7) is 0.404. The summed E-state index contributed by atoms with van der Waals surface area (Å²) in [7, 11) is 0. The monoisotopic (exact) mass is 424 g/mol. The van der Waals surface area contributed by atoms with Gasteiger partial charge in [0.15, 0.2) is 0 Å². The Morgan fingerprint density at radius 2 is 2.07 bits per heavy atom. The molecule has 0 bridgehead atoms. The molecule has 3 heterocycles. The summed E-state index contributed by atoms with van der Waals surface area (Å²) >= 11 is 6.71. The van der Waals surface area contributed by atoms with Crippen molar-refractivity contribution in [2.75, 3.05) is 19.7 Å². The van der Waals surface area contributed by atoms with Crippen LogP contribution in [-0.4, -0.2) is 48.5 Å². The Morgan fingerprint density at radius 1 is 1.37 bits per heavy atom. The third-order valence-corrected chi connectivity index (χ3v) is 5.92. The predicted molar refractivity (Wildman–Crippen MR) is 86.6 cm³/mol. The molecule has 0 unspecified atom stereocenters. The topological polar surface area (TPSA) is 67.9 Å². The second kappa shape index (κ2) is 5.86. The highest BCUT2D eigenvalue weighted by atomic mass is 35.5. The first-order valence-corrected chi connectivity index (χ1v) is 8.68. The van der Waals surface area contributed by atoms with Crippen molar-refractivity contribution in [3.8, 4) is 5.75 Å². The third-order valence-electron chi connectivity index (χ3n) is 4.23. The smallest absolute Gasteiger partial charge is 0.447 e. The largest absolute Gasteiger partial charge is 0.573 e. The van der Waals surface area contributed by atoms with E-state index < -0.39 is 35.5 Å². The van der Waals surface area contributed by atoms with Gasteiger partial charge in [-0.05, 0) is 12.1 Å². The summed E-state index contributed by atoms with van der Waals surface area (Å²) in [4.78, 5) is 25.0. The number of hydrogen-bond donors (Lipinski definition) is 1. The molecule has 12 heteroatoms. The number of amides is 2. The zero-order valence-electron chi connectivity index (χ0n) is 13.2. The number of cyclic esters (lactones) is 1. The van der Waals surface area contributed by atoms with Gasteiger partial charge in [-0.25, -0.2) is 9.18 Å². The normalized spacial score (nSPS) is 18.4. The van der Waals surface area contributed by atoms with E-state index >= 15 is 0 Å². The molecular formula is C15H9ClF4N2O4S. The van der Waals surface area contributed by atoms with Crippen LogP contribution in [0.25, 0.3) is 10.1 Å². The third kappa shape index (κ3) is 3.04. The lowest BCUT2D eigenvalue weighted by Gasteiger charge is -2.45. The lowest BCUT2D eigenvalue weighted by molar-refractivity contribution is -0.274. The van der Waals surface area contributed by atoms with Crippen LogP contribution in [0.2, 0.25) is 5.02 Å². The summed E-state index contributed by atoms with van der Waals surface area (Å²) in [5.74, 6) is -2.08. The molecule has 1 N–H and O–H groups in total. The summed E-state index contributed by atoms with van der Waals surface area (Å²) in [6, 6.07) is 1.62. The van der Waals surface area contributed by atoms with Gasteiger partial charge in [-0.15, -0.1) is 24.5 Å². The van der Waals surface area contributed by atoms with Crippen LogP contribution in [0.3, 0.4) is 0 Å². The van der Waals surface area contributed by atoms with Crippen LogP contribution < -0.4 is 10.1 Å². The van der Waals surface area contributed by atoms with Crippen LogP contribution in [0.4, 0.5) is 22.4 Å². The first kappa shape index (κ1) is 18.1. The molecule has 1 aromatic heterocycles. The minimum atomic E-state index is -4.98. The van der Waals surface area contributed by atoms with Crippen molar-refractivity contribution in [3.63, 3.8) is 0 Å². The standard InChI is InChI=1S/C15H9ClF4N2O4S/c16-9-8-6(17)1-2-7(26-15(18,19)20)10(8)27-11(9)12(23)22-3-14(4-22)5-25-13(24)21-14/h1-2H,3-5H2,(H,21,24). The van der Waals surface area contributed by atoms with Gasteiger partial charge in [-0.3, -0.25) is 4.79 Å². The van der Waals surface area contributed by atoms with Crippen LogP contribution in [0.15, 0.2) is 12.1 Å². The van der Waals surface area contributed by atoms with Crippen LogP contribution in [-0.2, 0) is 4.74 Å². The van der Waals surface area contributed by atoms with Crippen molar-refractivity contribution in [3.05, 3.63) is 27.8 Å². The molecule has 0 aliphatic carbocycles. The number of nitrogens with zero attached hydrogens (tertiary/aromatic N) is 1. The molecule has 2 amide bonds. The number of carbonyl (C=O) groups excluding carboxylic acids is 2. The Bertz CT molecular complexity index is 971. The number of fused-ring (bicyclic) bond motifs is 1. The van der Waals surface area contributed by atoms with Gasteiger partial charge in [-0.2, -0.15) is 0 Å². The number of hydrogen-bond acceptors (Lipinski definition) is 5. The number of nitrogens with one attached hydrogen (secondary N) is 1. The SMILES string of the molecule is O=C1NC2(CO1)CN(C(=O)c1sc3c(OC(F)(F)F)ccc(F)c3c1Cl)C2.